The van der Waals surface area contributed by atoms with Crippen molar-refractivity contribution in [2.24, 2.45) is 5.10 Å². The molecule has 0 unspecified atom stereocenters. The maximum Gasteiger partial charge on any atom is 0.276 e. The number of ether oxygens (including phenoxy) is 1. The SMILES string of the molecule is COc1ccc(S(=O)(=O)N/N=C(/C)CN2C(=O)c3ccccc3C2=O)cc1. The van der Waals surface area contributed by atoms with Crippen molar-refractivity contribution in [1.29, 1.82) is 0 Å². The molecule has 140 valence electrons. The zero-order valence-corrected chi connectivity index (χ0v) is 15.5. The third-order valence-electron chi connectivity index (χ3n) is 3.99. The lowest BCUT2D eigenvalue weighted by Crippen LogP contribution is -2.35. The van der Waals surface area contributed by atoms with Gasteiger partial charge in [-0.15, -0.1) is 0 Å². The molecule has 0 aromatic heterocycles. The minimum Gasteiger partial charge on any atom is -0.497 e. The average Bonchev–Trinajstić information content (AvgIpc) is 2.92. The molecular weight excluding hydrogens is 370 g/mol. The Morgan fingerprint density at radius 3 is 2.11 bits per heavy atom. The van der Waals surface area contributed by atoms with E-state index >= 15 is 0 Å². The lowest BCUT2D eigenvalue weighted by atomic mass is 10.1. The zero-order valence-electron chi connectivity index (χ0n) is 14.7. The van der Waals surface area contributed by atoms with Crippen molar-refractivity contribution in [3.8, 4) is 5.75 Å². The highest BCUT2D eigenvalue weighted by molar-refractivity contribution is 7.89. The summed E-state index contributed by atoms with van der Waals surface area (Å²) in [6.45, 7) is 1.41. The van der Waals surface area contributed by atoms with Gasteiger partial charge in [-0.1, -0.05) is 12.1 Å². The quantitative estimate of drug-likeness (QED) is 0.461. The van der Waals surface area contributed by atoms with Crippen LogP contribution in [0.5, 0.6) is 5.75 Å². The first-order chi connectivity index (χ1) is 12.8. The second-order valence-corrected chi connectivity index (χ2v) is 7.52. The second kappa shape index (κ2) is 7.20. The molecule has 0 saturated heterocycles. The Morgan fingerprint density at radius 1 is 1.04 bits per heavy atom. The average molecular weight is 387 g/mol. The molecular formula is C18H17N3O5S. The monoisotopic (exact) mass is 387 g/mol. The molecule has 1 aliphatic heterocycles. The van der Waals surface area contributed by atoms with E-state index in [1.807, 2.05) is 0 Å². The van der Waals surface area contributed by atoms with Crippen LogP contribution in [0.2, 0.25) is 0 Å². The highest BCUT2D eigenvalue weighted by Gasteiger charge is 2.35. The first-order valence-corrected chi connectivity index (χ1v) is 9.46. The van der Waals surface area contributed by atoms with Crippen LogP contribution in [0.15, 0.2) is 58.5 Å². The minimum atomic E-state index is -3.88. The summed E-state index contributed by atoms with van der Waals surface area (Å²) in [7, 11) is -2.40. The number of hydrogen-bond donors (Lipinski definition) is 1. The van der Waals surface area contributed by atoms with Crippen LogP contribution in [0.4, 0.5) is 0 Å². The van der Waals surface area contributed by atoms with E-state index in [9.17, 15) is 18.0 Å². The molecule has 3 rings (SSSR count). The van der Waals surface area contributed by atoms with Gasteiger partial charge < -0.3 is 4.74 Å². The van der Waals surface area contributed by atoms with Gasteiger partial charge >= 0.3 is 0 Å². The normalized spacial score (nSPS) is 14.3. The van der Waals surface area contributed by atoms with Crippen LogP contribution in [0.1, 0.15) is 27.6 Å². The Balaban J connectivity index is 1.71. The number of hydrogen-bond acceptors (Lipinski definition) is 6. The minimum absolute atomic E-state index is 0.0144. The summed E-state index contributed by atoms with van der Waals surface area (Å²) >= 11 is 0. The van der Waals surface area contributed by atoms with Crippen LogP contribution in [-0.2, 0) is 10.0 Å². The van der Waals surface area contributed by atoms with E-state index in [4.69, 9.17) is 4.74 Å². The molecule has 2 aromatic carbocycles. The topological polar surface area (TPSA) is 105 Å². The summed E-state index contributed by atoms with van der Waals surface area (Å²) < 4.78 is 29.5. The Kier molecular flexibility index (Phi) is 4.95. The first-order valence-electron chi connectivity index (χ1n) is 7.98. The van der Waals surface area contributed by atoms with Gasteiger partial charge in [-0.2, -0.15) is 13.5 Å². The Hall–Kier alpha value is -3.20. The van der Waals surface area contributed by atoms with Gasteiger partial charge in [0.1, 0.15) is 5.75 Å². The number of imide groups is 1. The number of fused-ring (bicyclic) bond motifs is 1. The Bertz CT molecular complexity index is 994. The predicted molar refractivity (Wildman–Crippen MR) is 98.2 cm³/mol. The van der Waals surface area contributed by atoms with Crippen LogP contribution in [-0.4, -0.2) is 44.5 Å². The van der Waals surface area contributed by atoms with Crippen molar-refractivity contribution in [2.45, 2.75) is 11.8 Å². The number of amides is 2. The number of methoxy groups -OCH3 is 1. The van der Waals surface area contributed by atoms with Crippen molar-refractivity contribution in [1.82, 2.24) is 9.73 Å². The summed E-state index contributed by atoms with van der Waals surface area (Å²) in [6.07, 6.45) is 0. The van der Waals surface area contributed by atoms with Gasteiger partial charge in [-0.05, 0) is 43.3 Å². The van der Waals surface area contributed by atoms with Crippen LogP contribution in [0, 0.1) is 0 Å². The van der Waals surface area contributed by atoms with Gasteiger partial charge in [0.2, 0.25) is 0 Å². The maximum absolute atomic E-state index is 12.3. The predicted octanol–water partition coefficient (Wildman–Crippen LogP) is 1.65. The lowest BCUT2D eigenvalue weighted by molar-refractivity contribution is 0.0677. The van der Waals surface area contributed by atoms with Crippen LogP contribution in [0.25, 0.3) is 0 Å². The van der Waals surface area contributed by atoms with E-state index in [1.54, 1.807) is 24.3 Å². The number of benzene rings is 2. The number of nitrogens with one attached hydrogen (secondary N) is 1. The molecule has 0 radical (unpaired) electrons. The van der Waals surface area contributed by atoms with Gasteiger partial charge in [0.15, 0.2) is 0 Å². The highest BCUT2D eigenvalue weighted by atomic mass is 32.2. The maximum atomic E-state index is 12.3. The van der Waals surface area contributed by atoms with E-state index in [-0.39, 0.29) is 17.2 Å². The highest BCUT2D eigenvalue weighted by Crippen LogP contribution is 2.22. The van der Waals surface area contributed by atoms with Crippen molar-refractivity contribution < 1.29 is 22.7 Å². The van der Waals surface area contributed by atoms with E-state index in [0.29, 0.717) is 16.9 Å². The summed E-state index contributed by atoms with van der Waals surface area (Å²) in [5, 5.41) is 3.81. The van der Waals surface area contributed by atoms with E-state index in [2.05, 4.69) is 9.93 Å². The zero-order chi connectivity index (χ0) is 19.6. The number of nitrogens with zero attached hydrogens (tertiary/aromatic N) is 2. The number of hydrazone groups is 1. The fourth-order valence-electron chi connectivity index (χ4n) is 2.59. The third kappa shape index (κ3) is 3.68. The molecule has 9 heteroatoms. The number of carbonyl (C=O) groups excluding carboxylic acids is 2. The number of carbonyl (C=O) groups is 2. The molecule has 0 bridgehead atoms. The van der Waals surface area contributed by atoms with Crippen LogP contribution in [0.3, 0.4) is 0 Å². The van der Waals surface area contributed by atoms with E-state index in [0.717, 1.165) is 4.90 Å². The largest absolute Gasteiger partial charge is 0.497 e. The summed E-state index contributed by atoms with van der Waals surface area (Å²) in [5.74, 6) is -0.328. The molecule has 8 nitrogen and oxygen atoms in total. The fraction of sp³-hybridized carbons (Fsp3) is 0.167. The van der Waals surface area contributed by atoms with Crippen molar-refractivity contribution in [3.05, 3.63) is 59.7 Å². The number of rotatable bonds is 6. The molecule has 2 aromatic rings. The standard InChI is InChI=1S/C18H17N3O5S/c1-12(11-21-17(22)15-5-3-4-6-16(15)18(21)23)19-20-27(24,25)14-9-7-13(26-2)8-10-14/h3-10,20H,11H2,1-2H3/b19-12-. The molecule has 0 fully saturated rings. The molecule has 0 spiro atoms. The Morgan fingerprint density at radius 2 is 1.59 bits per heavy atom. The molecule has 0 saturated carbocycles. The summed E-state index contributed by atoms with van der Waals surface area (Å²) in [6, 6.07) is 12.3. The van der Waals surface area contributed by atoms with E-state index in [1.165, 1.54) is 38.3 Å². The van der Waals surface area contributed by atoms with Crippen molar-refractivity contribution >= 4 is 27.5 Å². The molecule has 27 heavy (non-hydrogen) atoms. The molecule has 2 amide bonds. The summed E-state index contributed by atoms with van der Waals surface area (Å²) in [5.41, 5.74) is 0.921. The fourth-order valence-corrected chi connectivity index (χ4v) is 3.47. The van der Waals surface area contributed by atoms with Crippen LogP contribution >= 0.6 is 0 Å². The first kappa shape index (κ1) is 18.6. The van der Waals surface area contributed by atoms with Crippen molar-refractivity contribution in [3.63, 3.8) is 0 Å². The lowest BCUT2D eigenvalue weighted by Gasteiger charge is -2.13. The Labute approximate surface area is 156 Å². The van der Waals surface area contributed by atoms with Crippen LogP contribution < -0.4 is 9.57 Å². The van der Waals surface area contributed by atoms with E-state index < -0.39 is 21.8 Å². The summed E-state index contributed by atoms with van der Waals surface area (Å²) in [4.78, 5) is 27.8. The van der Waals surface area contributed by atoms with Gasteiger partial charge in [-0.3, -0.25) is 14.5 Å². The molecule has 0 atom stereocenters. The van der Waals surface area contributed by atoms with Gasteiger partial charge in [0, 0.05) is 0 Å². The van der Waals surface area contributed by atoms with Gasteiger partial charge in [-0.25, -0.2) is 4.83 Å². The van der Waals surface area contributed by atoms with Gasteiger partial charge in [0.25, 0.3) is 21.8 Å². The molecule has 0 aliphatic carbocycles. The number of sulfonamides is 1. The smallest absolute Gasteiger partial charge is 0.276 e. The molecule has 1 N–H and O–H groups in total. The second-order valence-electron chi connectivity index (χ2n) is 5.86. The molecule has 1 aliphatic rings. The third-order valence-corrected chi connectivity index (χ3v) is 5.22. The van der Waals surface area contributed by atoms with Crippen molar-refractivity contribution in [2.75, 3.05) is 13.7 Å². The molecule has 1 heterocycles. The van der Waals surface area contributed by atoms with Gasteiger partial charge in [0.05, 0.1) is 35.4 Å².